The normalized spacial score (nSPS) is 19.6. The summed E-state index contributed by atoms with van der Waals surface area (Å²) in [6.07, 6.45) is 0.0772. The number of amides is 1. The highest BCUT2D eigenvalue weighted by molar-refractivity contribution is 8.01. The molecule has 1 aliphatic rings. The second-order valence-electron chi connectivity index (χ2n) is 6.14. The fourth-order valence-electron chi connectivity index (χ4n) is 2.61. The van der Waals surface area contributed by atoms with Gasteiger partial charge in [-0.25, -0.2) is 0 Å². The lowest BCUT2D eigenvalue weighted by molar-refractivity contribution is -0.137. The lowest BCUT2D eigenvalue weighted by Crippen LogP contribution is -2.40. The number of halogens is 1. The van der Waals surface area contributed by atoms with Crippen LogP contribution in [0.3, 0.4) is 0 Å². The number of carbonyl (C=O) groups excluding carboxylic acids is 2. The van der Waals surface area contributed by atoms with Crippen LogP contribution in [0, 0.1) is 13.8 Å². The van der Waals surface area contributed by atoms with Gasteiger partial charge in [0.15, 0.2) is 0 Å². The molecule has 1 heterocycles. The molecule has 130 valence electrons. The third-order valence-corrected chi connectivity index (χ3v) is 5.92. The second-order valence-corrected chi connectivity index (χ2v) is 7.97. The van der Waals surface area contributed by atoms with E-state index in [2.05, 4.69) is 5.32 Å². The predicted molar refractivity (Wildman–Crippen MR) is 99.2 cm³/mol. The molecule has 25 heavy (non-hydrogen) atoms. The summed E-state index contributed by atoms with van der Waals surface area (Å²) in [5.41, 5.74) is 1.96. The molecule has 3 rings (SSSR count). The van der Waals surface area contributed by atoms with Crippen LogP contribution in [0.15, 0.2) is 47.4 Å². The van der Waals surface area contributed by atoms with E-state index < -0.39 is 10.7 Å². The molecule has 1 fully saturated rings. The first-order chi connectivity index (χ1) is 11.9. The van der Waals surface area contributed by atoms with Crippen molar-refractivity contribution in [1.82, 2.24) is 5.32 Å². The maximum atomic E-state index is 12.9. The van der Waals surface area contributed by atoms with E-state index in [1.807, 2.05) is 44.2 Å². The minimum Gasteiger partial charge on any atom is -0.424 e. The number of nitrogens with one attached hydrogen (secondary N) is 1. The van der Waals surface area contributed by atoms with Gasteiger partial charge in [-0.15, -0.1) is 11.8 Å². The lowest BCUT2D eigenvalue weighted by Gasteiger charge is -2.24. The fraction of sp³-hybridized carbons (Fsp3) is 0.263. The van der Waals surface area contributed by atoms with Crippen LogP contribution in [0.4, 0.5) is 0 Å². The molecular weight excluding hydrogens is 358 g/mol. The maximum absolute atomic E-state index is 12.9. The molecule has 1 N–H and O–H groups in total. The van der Waals surface area contributed by atoms with Crippen LogP contribution < -0.4 is 10.1 Å². The second kappa shape index (κ2) is 7.10. The summed E-state index contributed by atoms with van der Waals surface area (Å²) >= 11 is 7.58. The first kappa shape index (κ1) is 17.8. The smallest absolute Gasteiger partial charge is 0.330 e. The highest BCUT2D eigenvalue weighted by Gasteiger charge is 2.48. The number of esters is 1. The van der Waals surface area contributed by atoms with Crippen molar-refractivity contribution in [2.75, 3.05) is 6.54 Å². The van der Waals surface area contributed by atoms with Crippen LogP contribution in [0.2, 0.25) is 5.02 Å². The van der Waals surface area contributed by atoms with Gasteiger partial charge < -0.3 is 10.1 Å². The standard InChI is InChI=1S/C19H18ClNO3S/c1-12-6-8-14(9-7-12)25-19(10-16(22)21-11-19)18(23)24-15-5-3-4-13(2)17(15)20/h3-9H,10-11H2,1-2H3,(H,21,22). The summed E-state index contributed by atoms with van der Waals surface area (Å²) in [4.78, 5) is 25.7. The van der Waals surface area contributed by atoms with Crippen molar-refractivity contribution < 1.29 is 14.3 Å². The topological polar surface area (TPSA) is 55.4 Å². The number of benzene rings is 2. The third kappa shape index (κ3) is 3.83. The molecule has 1 aliphatic heterocycles. The van der Waals surface area contributed by atoms with Crippen molar-refractivity contribution in [2.45, 2.75) is 29.9 Å². The van der Waals surface area contributed by atoms with E-state index in [9.17, 15) is 9.59 Å². The maximum Gasteiger partial charge on any atom is 0.330 e. The first-order valence-corrected chi connectivity index (χ1v) is 9.09. The summed E-state index contributed by atoms with van der Waals surface area (Å²) in [6, 6.07) is 13.1. The minimum atomic E-state index is -1.00. The van der Waals surface area contributed by atoms with Gasteiger partial charge in [0.25, 0.3) is 0 Å². The van der Waals surface area contributed by atoms with E-state index in [-0.39, 0.29) is 18.9 Å². The number of hydrogen-bond acceptors (Lipinski definition) is 4. The zero-order valence-electron chi connectivity index (χ0n) is 14.0. The fourth-order valence-corrected chi connectivity index (χ4v) is 3.97. The van der Waals surface area contributed by atoms with Crippen LogP contribution in [-0.2, 0) is 9.59 Å². The lowest BCUT2D eigenvalue weighted by atomic mass is 10.1. The SMILES string of the molecule is Cc1ccc(SC2(C(=O)Oc3cccc(C)c3Cl)CNC(=O)C2)cc1. The molecule has 0 bridgehead atoms. The van der Waals surface area contributed by atoms with Gasteiger partial charge in [0.05, 0.1) is 11.4 Å². The Bertz CT molecular complexity index is 822. The molecule has 0 aromatic heterocycles. The summed E-state index contributed by atoms with van der Waals surface area (Å²) in [5.74, 6) is -0.314. The number of carbonyl (C=O) groups is 2. The summed E-state index contributed by atoms with van der Waals surface area (Å²) in [5, 5.41) is 3.15. The van der Waals surface area contributed by atoms with Crippen molar-refractivity contribution in [1.29, 1.82) is 0 Å². The molecule has 0 spiro atoms. The molecule has 4 nitrogen and oxygen atoms in total. The Balaban J connectivity index is 1.87. The van der Waals surface area contributed by atoms with Gasteiger partial charge >= 0.3 is 5.97 Å². The molecule has 0 aliphatic carbocycles. The van der Waals surface area contributed by atoms with Crippen LogP contribution in [0.1, 0.15) is 17.5 Å². The summed E-state index contributed by atoms with van der Waals surface area (Å²) < 4.78 is 4.57. The quantitative estimate of drug-likeness (QED) is 0.650. The summed E-state index contributed by atoms with van der Waals surface area (Å²) in [6.45, 7) is 4.07. The highest BCUT2D eigenvalue weighted by Crippen LogP contribution is 2.40. The Morgan fingerprint density at radius 2 is 1.92 bits per heavy atom. The molecule has 2 aromatic carbocycles. The molecule has 1 saturated heterocycles. The predicted octanol–water partition coefficient (Wildman–Crippen LogP) is 3.91. The minimum absolute atomic E-state index is 0.0772. The van der Waals surface area contributed by atoms with Gasteiger partial charge in [-0.1, -0.05) is 41.4 Å². The van der Waals surface area contributed by atoms with E-state index in [1.165, 1.54) is 11.8 Å². The van der Waals surface area contributed by atoms with Gasteiger partial charge in [0, 0.05) is 11.4 Å². The Morgan fingerprint density at radius 3 is 2.56 bits per heavy atom. The molecule has 1 unspecified atom stereocenters. The van der Waals surface area contributed by atoms with E-state index in [1.54, 1.807) is 12.1 Å². The van der Waals surface area contributed by atoms with Crippen molar-refractivity contribution in [3.63, 3.8) is 0 Å². The monoisotopic (exact) mass is 375 g/mol. The van der Waals surface area contributed by atoms with Crippen LogP contribution in [0.25, 0.3) is 0 Å². The Hall–Kier alpha value is -1.98. The van der Waals surface area contributed by atoms with Crippen molar-refractivity contribution in [2.24, 2.45) is 0 Å². The number of ether oxygens (including phenoxy) is 1. The zero-order valence-corrected chi connectivity index (χ0v) is 15.5. The highest BCUT2D eigenvalue weighted by atomic mass is 35.5. The molecule has 0 radical (unpaired) electrons. The van der Waals surface area contributed by atoms with Crippen LogP contribution in [0.5, 0.6) is 5.75 Å². The Kier molecular flexibility index (Phi) is 5.06. The average molecular weight is 376 g/mol. The molecule has 1 atom stereocenters. The van der Waals surface area contributed by atoms with Crippen molar-refractivity contribution in [3.8, 4) is 5.75 Å². The molecule has 6 heteroatoms. The number of aryl methyl sites for hydroxylation is 2. The van der Waals surface area contributed by atoms with E-state index >= 15 is 0 Å². The average Bonchev–Trinajstić information content (AvgIpc) is 2.96. The number of thioether (sulfide) groups is 1. The van der Waals surface area contributed by atoms with E-state index in [0.29, 0.717) is 10.8 Å². The van der Waals surface area contributed by atoms with Crippen LogP contribution >= 0.6 is 23.4 Å². The van der Waals surface area contributed by atoms with Crippen molar-refractivity contribution >= 4 is 35.2 Å². The van der Waals surface area contributed by atoms with Gasteiger partial charge in [-0.3, -0.25) is 9.59 Å². The van der Waals surface area contributed by atoms with Gasteiger partial charge in [-0.05, 0) is 37.6 Å². The van der Waals surface area contributed by atoms with E-state index in [4.69, 9.17) is 16.3 Å². The van der Waals surface area contributed by atoms with E-state index in [0.717, 1.165) is 16.0 Å². The largest absolute Gasteiger partial charge is 0.424 e. The molecule has 0 saturated carbocycles. The Morgan fingerprint density at radius 1 is 1.20 bits per heavy atom. The van der Waals surface area contributed by atoms with Crippen LogP contribution in [-0.4, -0.2) is 23.2 Å². The molecule has 1 amide bonds. The first-order valence-electron chi connectivity index (χ1n) is 7.89. The van der Waals surface area contributed by atoms with Gasteiger partial charge in [-0.2, -0.15) is 0 Å². The molecular formula is C19H18ClNO3S. The summed E-state index contributed by atoms with van der Waals surface area (Å²) in [7, 11) is 0. The zero-order chi connectivity index (χ0) is 18.0. The third-order valence-electron chi connectivity index (χ3n) is 4.08. The van der Waals surface area contributed by atoms with Crippen molar-refractivity contribution in [3.05, 3.63) is 58.6 Å². The Labute approximate surface area is 155 Å². The van der Waals surface area contributed by atoms with Gasteiger partial charge in [0.2, 0.25) is 5.91 Å². The molecule has 2 aromatic rings. The number of rotatable bonds is 4. The van der Waals surface area contributed by atoms with Gasteiger partial charge in [0.1, 0.15) is 10.5 Å². The number of hydrogen-bond donors (Lipinski definition) is 1.